The average molecular weight is 385 g/mol. The molecule has 3 rings (SSSR count). The quantitative estimate of drug-likeness (QED) is 0.482. The molecular formula is C20H24N4O2S. The van der Waals surface area contributed by atoms with E-state index in [1.165, 1.54) is 37.2 Å². The number of thioether (sulfide) groups is 1. The number of nitriles is 1. The van der Waals surface area contributed by atoms with E-state index in [-0.39, 0.29) is 11.7 Å². The van der Waals surface area contributed by atoms with Gasteiger partial charge in [-0.15, -0.1) is 0 Å². The van der Waals surface area contributed by atoms with Crippen molar-refractivity contribution in [2.24, 2.45) is 0 Å². The Morgan fingerprint density at radius 1 is 1.37 bits per heavy atom. The molecule has 0 atom stereocenters. The lowest BCUT2D eigenvalue weighted by molar-refractivity contribution is -0.645. The molecule has 7 heteroatoms. The minimum atomic E-state index is -0.213. The fourth-order valence-electron chi connectivity index (χ4n) is 3.71. The van der Waals surface area contributed by atoms with Crippen LogP contribution in [0.15, 0.2) is 29.4 Å². The number of anilines is 1. The number of carbonyl (C=O) groups excluding carboxylic acids is 1. The maximum absolute atomic E-state index is 12.6. The number of amides is 1. The van der Waals surface area contributed by atoms with Crippen molar-refractivity contribution in [2.75, 3.05) is 11.1 Å². The van der Waals surface area contributed by atoms with Crippen LogP contribution in [0.25, 0.3) is 0 Å². The molecule has 0 aromatic carbocycles. The van der Waals surface area contributed by atoms with E-state index in [2.05, 4.69) is 16.0 Å². The molecule has 0 radical (unpaired) electrons. The molecule has 2 aromatic heterocycles. The summed E-state index contributed by atoms with van der Waals surface area (Å²) in [6.07, 6.45) is 7.13. The van der Waals surface area contributed by atoms with Crippen molar-refractivity contribution >= 4 is 23.5 Å². The van der Waals surface area contributed by atoms with Crippen LogP contribution in [0.3, 0.4) is 0 Å². The van der Waals surface area contributed by atoms with Gasteiger partial charge in [0.1, 0.15) is 11.9 Å². The van der Waals surface area contributed by atoms with Crippen molar-refractivity contribution in [1.82, 2.24) is 4.57 Å². The summed E-state index contributed by atoms with van der Waals surface area (Å²) in [6.45, 7) is 3.95. The minimum Gasteiger partial charge on any atom is -0.618 e. The van der Waals surface area contributed by atoms with Gasteiger partial charge in [0.2, 0.25) is 5.91 Å². The van der Waals surface area contributed by atoms with E-state index < -0.39 is 0 Å². The Morgan fingerprint density at radius 2 is 2.11 bits per heavy atom. The predicted molar refractivity (Wildman–Crippen MR) is 105 cm³/mol. The normalized spacial score (nSPS) is 14.7. The third kappa shape index (κ3) is 4.11. The highest BCUT2D eigenvalue weighted by Gasteiger charge is 2.26. The van der Waals surface area contributed by atoms with Gasteiger partial charge in [0.05, 0.1) is 11.3 Å². The molecule has 1 aliphatic carbocycles. The Morgan fingerprint density at radius 3 is 2.78 bits per heavy atom. The third-order valence-electron chi connectivity index (χ3n) is 5.21. The molecule has 1 saturated carbocycles. The van der Waals surface area contributed by atoms with Crippen molar-refractivity contribution < 1.29 is 9.52 Å². The standard InChI is InChI=1S/C20H24N4O2S/c1-14-15(2)24(16-8-4-3-5-9-16)20(17(14)12-21)22-18(25)13-27-19-10-6-7-11-23(19)26/h6-7,10-11,16H,3-5,8-9,13H2,1-2H3,(H,22,25). The van der Waals surface area contributed by atoms with E-state index in [1.54, 1.807) is 18.2 Å². The number of aromatic nitrogens is 2. The van der Waals surface area contributed by atoms with Crippen LogP contribution in [0, 0.1) is 30.4 Å². The zero-order chi connectivity index (χ0) is 19.4. The maximum atomic E-state index is 12.6. The van der Waals surface area contributed by atoms with Crippen molar-refractivity contribution in [2.45, 2.75) is 57.0 Å². The summed E-state index contributed by atoms with van der Waals surface area (Å²) in [5, 5.41) is 24.8. The molecule has 1 fully saturated rings. The fourth-order valence-corrected chi connectivity index (χ4v) is 4.43. The van der Waals surface area contributed by atoms with Crippen molar-refractivity contribution in [1.29, 1.82) is 5.26 Å². The first-order chi connectivity index (χ1) is 13.0. The van der Waals surface area contributed by atoms with Crippen molar-refractivity contribution in [3.63, 3.8) is 0 Å². The fraction of sp³-hybridized carbons (Fsp3) is 0.450. The Hall–Kier alpha value is -2.46. The van der Waals surface area contributed by atoms with E-state index in [0.717, 1.165) is 28.8 Å². The monoisotopic (exact) mass is 384 g/mol. The minimum absolute atomic E-state index is 0.116. The Bertz CT molecular complexity index is 879. The average Bonchev–Trinajstić information content (AvgIpc) is 2.91. The number of nitrogens with one attached hydrogen (secondary N) is 1. The summed E-state index contributed by atoms with van der Waals surface area (Å²) in [7, 11) is 0. The lowest BCUT2D eigenvalue weighted by Crippen LogP contribution is -2.28. The van der Waals surface area contributed by atoms with E-state index in [0.29, 0.717) is 22.4 Å². The molecule has 6 nitrogen and oxygen atoms in total. The van der Waals surface area contributed by atoms with Crippen molar-refractivity contribution in [3.8, 4) is 6.07 Å². The molecule has 2 aromatic rings. The smallest absolute Gasteiger partial charge is 0.251 e. The second-order valence-corrected chi connectivity index (χ2v) is 7.90. The predicted octanol–water partition coefficient (Wildman–Crippen LogP) is 3.85. The Kier molecular flexibility index (Phi) is 6.07. The topological polar surface area (TPSA) is 84.8 Å². The van der Waals surface area contributed by atoms with Crippen LogP contribution in [0.1, 0.15) is 55.0 Å². The van der Waals surface area contributed by atoms with Gasteiger partial charge in [0.25, 0.3) is 5.03 Å². The van der Waals surface area contributed by atoms with Gasteiger partial charge in [-0.05, 0) is 50.1 Å². The van der Waals surface area contributed by atoms with E-state index >= 15 is 0 Å². The molecule has 142 valence electrons. The molecule has 2 heterocycles. The van der Waals surface area contributed by atoms with Gasteiger partial charge in [0.15, 0.2) is 6.20 Å². The summed E-state index contributed by atoms with van der Waals surface area (Å²) in [4.78, 5) is 12.6. The van der Waals surface area contributed by atoms with Crippen LogP contribution in [0.2, 0.25) is 0 Å². The molecule has 0 saturated heterocycles. The molecule has 0 unspecified atom stereocenters. The first kappa shape index (κ1) is 19.3. The van der Waals surface area contributed by atoms with Crippen LogP contribution in [-0.4, -0.2) is 16.2 Å². The number of carbonyl (C=O) groups is 1. The van der Waals surface area contributed by atoms with Gasteiger partial charge in [-0.2, -0.15) is 9.99 Å². The number of hydrogen-bond acceptors (Lipinski definition) is 4. The van der Waals surface area contributed by atoms with Crippen LogP contribution in [0.5, 0.6) is 0 Å². The lowest BCUT2D eigenvalue weighted by atomic mass is 9.95. The molecule has 0 bridgehead atoms. The van der Waals surface area contributed by atoms with Gasteiger partial charge < -0.3 is 15.1 Å². The molecule has 27 heavy (non-hydrogen) atoms. The largest absolute Gasteiger partial charge is 0.618 e. The summed E-state index contributed by atoms with van der Waals surface area (Å²) in [6, 6.07) is 7.68. The van der Waals surface area contributed by atoms with Gasteiger partial charge in [-0.3, -0.25) is 4.79 Å². The maximum Gasteiger partial charge on any atom is 0.251 e. The second-order valence-electron chi connectivity index (χ2n) is 6.91. The first-order valence-corrected chi connectivity index (χ1v) is 10.2. The first-order valence-electron chi connectivity index (χ1n) is 9.25. The Labute approximate surface area is 163 Å². The molecule has 0 spiro atoms. The van der Waals surface area contributed by atoms with Crippen molar-refractivity contribution in [3.05, 3.63) is 46.4 Å². The molecule has 0 aliphatic heterocycles. The van der Waals surface area contributed by atoms with E-state index in [4.69, 9.17) is 0 Å². The van der Waals surface area contributed by atoms with Crippen LogP contribution >= 0.6 is 11.8 Å². The molecule has 1 amide bonds. The SMILES string of the molecule is Cc1c(C#N)c(NC(=O)CSc2cccc[n+]2[O-])n(C2CCCCC2)c1C. The number of pyridine rings is 1. The summed E-state index contributed by atoms with van der Waals surface area (Å²) < 4.78 is 2.89. The highest BCUT2D eigenvalue weighted by molar-refractivity contribution is 7.99. The van der Waals surface area contributed by atoms with Gasteiger partial charge in [-0.25, -0.2) is 0 Å². The summed E-state index contributed by atoms with van der Waals surface area (Å²) >= 11 is 1.19. The zero-order valence-electron chi connectivity index (χ0n) is 15.7. The zero-order valence-corrected chi connectivity index (χ0v) is 16.5. The van der Waals surface area contributed by atoms with E-state index in [9.17, 15) is 15.3 Å². The number of hydrogen-bond donors (Lipinski definition) is 1. The van der Waals surface area contributed by atoms with Crippen LogP contribution in [-0.2, 0) is 4.79 Å². The highest BCUT2D eigenvalue weighted by atomic mass is 32.2. The van der Waals surface area contributed by atoms with Gasteiger partial charge >= 0.3 is 0 Å². The van der Waals surface area contributed by atoms with Gasteiger partial charge in [0, 0.05) is 23.9 Å². The molecular weight excluding hydrogens is 360 g/mol. The summed E-state index contributed by atoms with van der Waals surface area (Å²) in [5.41, 5.74) is 2.50. The Balaban J connectivity index is 1.80. The second kappa shape index (κ2) is 8.49. The summed E-state index contributed by atoms with van der Waals surface area (Å²) in [5.74, 6) is 0.508. The van der Waals surface area contributed by atoms with Crippen LogP contribution < -0.4 is 10.0 Å². The van der Waals surface area contributed by atoms with Crippen LogP contribution in [0.4, 0.5) is 5.82 Å². The molecule has 1 N–H and O–H groups in total. The highest BCUT2D eigenvalue weighted by Crippen LogP contribution is 2.36. The van der Waals surface area contributed by atoms with E-state index in [1.807, 2.05) is 13.8 Å². The van der Waals surface area contributed by atoms with Gasteiger partial charge in [-0.1, -0.05) is 19.3 Å². The molecule has 1 aliphatic rings. The lowest BCUT2D eigenvalue weighted by Gasteiger charge is -2.27. The third-order valence-corrected chi connectivity index (χ3v) is 6.22. The number of rotatable bonds is 5. The number of nitrogens with zero attached hydrogens (tertiary/aromatic N) is 3.